The number of benzene rings is 2. The Bertz CT molecular complexity index is 512. The molecule has 0 heterocycles. The zero-order chi connectivity index (χ0) is 15.8. The molecule has 3 heteroatoms. The van der Waals surface area contributed by atoms with Crippen molar-refractivity contribution in [1.29, 1.82) is 0 Å². The molecule has 2 aromatic rings. The molecule has 0 spiro atoms. The van der Waals surface area contributed by atoms with Crippen LogP contribution in [0.2, 0.25) is 0 Å². The predicted octanol–water partition coefficient (Wildman–Crippen LogP) is 4.26. The first kappa shape index (κ1) is 17.1. The van der Waals surface area contributed by atoms with Gasteiger partial charge in [0.1, 0.15) is 0 Å². The Balaban J connectivity index is 0.000000188. The molecule has 1 fully saturated rings. The molecule has 1 aliphatic carbocycles. The third-order valence-corrected chi connectivity index (χ3v) is 4.01. The fourth-order valence-corrected chi connectivity index (χ4v) is 2.45. The van der Waals surface area contributed by atoms with Crippen LogP contribution < -0.4 is 0 Å². The van der Waals surface area contributed by atoms with Gasteiger partial charge in [-0.3, -0.25) is 0 Å². The maximum absolute atomic E-state index is 9.08. The molecule has 1 aliphatic rings. The Hall–Kier alpha value is -1.29. The van der Waals surface area contributed by atoms with Crippen LogP contribution in [0, 0.1) is 12.8 Å². The van der Waals surface area contributed by atoms with Crippen molar-refractivity contribution in [2.24, 2.45) is 5.92 Å². The van der Waals surface area contributed by atoms with Gasteiger partial charge in [0.2, 0.25) is 0 Å². The number of ether oxygens (including phenoxy) is 1. The lowest BCUT2D eigenvalue weighted by Crippen LogP contribution is -2.31. The second-order valence-corrected chi connectivity index (χ2v) is 6.34. The summed E-state index contributed by atoms with van der Waals surface area (Å²) in [5, 5.41) is 9.08. The molecule has 0 aromatic heterocycles. The number of aliphatic hydroxyl groups excluding tert-OH is 1. The van der Waals surface area contributed by atoms with E-state index < -0.39 is 0 Å². The zero-order valence-corrected chi connectivity index (χ0v) is 13.9. The molecule has 2 nitrogen and oxygen atoms in total. The molecule has 0 bridgehead atoms. The first-order chi connectivity index (χ1) is 10.6. The topological polar surface area (TPSA) is 29.5 Å². The summed E-state index contributed by atoms with van der Waals surface area (Å²) in [6.07, 6.45) is 1.75. The minimum Gasteiger partial charge on any atom is -0.393 e. The van der Waals surface area contributed by atoms with Crippen molar-refractivity contribution in [2.75, 3.05) is 6.61 Å². The Morgan fingerprint density at radius 1 is 1.05 bits per heavy atom. The fourth-order valence-electron chi connectivity index (χ4n) is 2.30. The molecule has 3 rings (SSSR count). The van der Waals surface area contributed by atoms with Gasteiger partial charge in [-0.1, -0.05) is 48.0 Å². The molecule has 1 N–H and O–H groups in total. The van der Waals surface area contributed by atoms with Gasteiger partial charge in [0, 0.05) is 4.90 Å². The molecule has 0 atom stereocenters. The monoisotopic (exact) mass is 316 g/mol. The molecular formula is C19H24O2S. The number of thiol groups is 1. The summed E-state index contributed by atoms with van der Waals surface area (Å²) in [5.41, 5.74) is 2.50. The van der Waals surface area contributed by atoms with Gasteiger partial charge in [0.15, 0.2) is 0 Å². The standard InChI is InChI=1S/C12H16O2.C7H8S/c13-12-6-11(7-12)9-14-8-10-4-2-1-3-5-10;1-6-2-4-7(8)5-3-6/h1-5,11-13H,6-9H2;2-5,8H,1H3. The number of hydrogen-bond donors (Lipinski definition) is 2. The van der Waals surface area contributed by atoms with Gasteiger partial charge in [-0.2, -0.15) is 0 Å². The van der Waals surface area contributed by atoms with Gasteiger partial charge in [0.05, 0.1) is 19.3 Å². The third-order valence-electron chi connectivity index (χ3n) is 3.71. The van der Waals surface area contributed by atoms with Crippen molar-refractivity contribution in [3.05, 3.63) is 65.7 Å². The van der Waals surface area contributed by atoms with E-state index in [2.05, 4.69) is 31.7 Å². The van der Waals surface area contributed by atoms with Crippen LogP contribution >= 0.6 is 12.6 Å². The Morgan fingerprint density at radius 3 is 2.23 bits per heavy atom. The first-order valence-corrected chi connectivity index (χ1v) is 8.13. The summed E-state index contributed by atoms with van der Waals surface area (Å²) >= 11 is 4.13. The third kappa shape index (κ3) is 6.22. The maximum atomic E-state index is 9.08. The van der Waals surface area contributed by atoms with E-state index in [1.165, 1.54) is 11.1 Å². The van der Waals surface area contributed by atoms with Crippen molar-refractivity contribution in [1.82, 2.24) is 0 Å². The number of hydrogen-bond acceptors (Lipinski definition) is 3. The van der Waals surface area contributed by atoms with Crippen LogP contribution in [-0.2, 0) is 11.3 Å². The molecule has 0 unspecified atom stereocenters. The molecule has 1 saturated carbocycles. The second kappa shape index (κ2) is 8.99. The average Bonchev–Trinajstić information content (AvgIpc) is 2.50. The van der Waals surface area contributed by atoms with E-state index in [-0.39, 0.29) is 6.10 Å². The summed E-state index contributed by atoms with van der Waals surface area (Å²) in [6, 6.07) is 18.2. The molecule has 0 saturated heterocycles. The van der Waals surface area contributed by atoms with Gasteiger partial charge in [-0.05, 0) is 43.4 Å². The van der Waals surface area contributed by atoms with Gasteiger partial charge in [0.25, 0.3) is 0 Å². The van der Waals surface area contributed by atoms with Crippen LogP contribution in [0.15, 0.2) is 59.5 Å². The van der Waals surface area contributed by atoms with Crippen LogP contribution in [0.4, 0.5) is 0 Å². The smallest absolute Gasteiger partial charge is 0.0717 e. The lowest BCUT2D eigenvalue weighted by Gasteiger charge is -2.30. The van der Waals surface area contributed by atoms with Crippen molar-refractivity contribution in [3.8, 4) is 0 Å². The van der Waals surface area contributed by atoms with E-state index in [0.29, 0.717) is 12.5 Å². The minimum atomic E-state index is -0.0691. The van der Waals surface area contributed by atoms with E-state index in [1.54, 1.807) is 0 Å². The van der Waals surface area contributed by atoms with Crippen molar-refractivity contribution in [3.63, 3.8) is 0 Å². The number of rotatable bonds is 4. The van der Waals surface area contributed by atoms with Crippen LogP contribution in [0.5, 0.6) is 0 Å². The molecule has 0 radical (unpaired) electrons. The second-order valence-electron chi connectivity index (χ2n) is 5.83. The summed E-state index contributed by atoms with van der Waals surface area (Å²) in [5.74, 6) is 0.578. The first-order valence-electron chi connectivity index (χ1n) is 7.69. The van der Waals surface area contributed by atoms with E-state index in [1.807, 2.05) is 42.5 Å². The number of aliphatic hydroxyl groups is 1. The lowest BCUT2D eigenvalue weighted by atomic mass is 9.83. The normalized spacial score (nSPS) is 19.8. The minimum absolute atomic E-state index is 0.0691. The quantitative estimate of drug-likeness (QED) is 0.826. The summed E-state index contributed by atoms with van der Waals surface area (Å²) < 4.78 is 5.56. The van der Waals surface area contributed by atoms with E-state index >= 15 is 0 Å². The van der Waals surface area contributed by atoms with E-state index in [0.717, 1.165) is 24.3 Å². The van der Waals surface area contributed by atoms with Gasteiger partial charge < -0.3 is 9.84 Å². The summed E-state index contributed by atoms with van der Waals surface area (Å²) in [7, 11) is 0. The van der Waals surface area contributed by atoms with Crippen molar-refractivity contribution in [2.45, 2.75) is 37.4 Å². The van der Waals surface area contributed by atoms with Crippen molar-refractivity contribution < 1.29 is 9.84 Å². The van der Waals surface area contributed by atoms with Crippen LogP contribution in [0.1, 0.15) is 24.0 Å². The summed E-state index contributed by atoms with van der Waals surface area (Å²) in [6.45, 7) is 3.53. The highest BCUT2D eigenvalue weighted by molar-refractivity contribution is 7.80. The Morgan fingerprint density at radius 2 is 1.68 bits per heavy atom. The van der Waals surface area contributed by atoms with Gasteiger partial charge in [-0.15, -0.1) is 12.6 Å². The highest BCUT2D eigenvalue weighted by Gasteiger charge is 2.26. The predicted molar refractivity (Wildman–Crippen MR) is 93.3 cm³/mol. The number of aryl methyl sites for hydroxylation is 1. The fraction of sp³-hybridized carbons (Fsp3) is 0.368. The van der Waals surface area contributed by atoms with E-state index in [4.69, 9.17) is 9.84 Å². The van der Waals surface area contributed by atoms with Crippen LogP contribution in [0.3, 0.4) is 0 Å². The molecule has 118 valence electrons. The zero-order valence-electron chi connectivity index (χ0n) is 13.0. The largest absolute Gasteiger partial charge is 0.393 e. The molecular weight excluding hydrogens is 292 g/mol. The highest BCUT2D eigenvalue weighted by Crippen LogP contribution is 2.27. The maximum Gasteiger partial charge on any atom is 0.0717 e. The Labute approximate surface area is 138 Å². The van der Waals surface area contributed by atoms with Crippen molar-refractivity contribution >= 4 is 12.6 Å². The summed E-state index contributed by atoms with van der Waals surface area (Å²) in [4.78, 5) is 1.02. The lowest BCUT2D eigenvalue weighted by molar-refractivity contribution is -0.0145. The highest BCUT2D eigenvalue weighted by atomic mass is 32.1. The average molecular weight is 316 g/mol. The van der Waals surface area contributed by atoms with Gasteiger partial charge >= 0.3 is 0 Å². The van der Waals surface area contributed by atoms with Crippen LogP contribution in [0.25, 0.3) is 0 Å². The molecule has 0 aliphatic heterocycles. The SMILES string of the molecule is Cc1ccc(S)cc1.OC1CC(COCc2ccccc2)C1. The molecule has 22 heavy (non-hydrogen) atoms. The Kier molecular flexibility index (Phi) is 6.97. The molecule has 2 aromatic carbocycles. The van der Waals surface area contributed by atoms with Crippen LogP contribution in [-0.4, -0.2) is 17.8 Å². The van der Waals surface area contributed by atoms with Gasteiger partial charge in [-0.25, -0.2) is 0 Å². The molecule has 0 amide bonds. The van der Waals surface area contributed by atoms with E-state index in [9.17, 15) is 0 Å².